The summed E-state index contributed by atoms with van der Waals surface area (Å²) in [6.45, 7) is 0. The molecule has 0 bridgehead atoms. The number of hydrogen-bond acceptors (Lipinski definition) is 3. The van der Waals surface area contributed by atoms with E-state index >= 15 is 0 Å². The van der Waals surface area contributed by atoms with Crippen LogP contribution in [0.25, 0.3) is 11.1 Å². The van der Waals surface area contributed by atoms with Gasteiger partial charge < -0.3 is 0 Å². The van der Waals surface area contributed by atoms with E-state index in [1.54, 1.807) is 12.4 Å². The summed E-state index contributed by atoms with van der Waals surface area (Å²) in [6.07, 6.45) is 5.18. The first-order chi connectivity index (χ1) is 15.7. The Morgan fingerprint density at radius 2 is 1.47 bits per heavy atom. The highest BCUT2D eigenvalue weighted by Gasteiger charge is 2.12. The molecule has 0 radical (unpaired) electrons. The molecule has 1 aromatic heterocycles. The topological polar surface area (TPSA) is 47.0 Å². The fraction of sp³-hybridized carbons (Fsp3) is 0.143. The van der Waals surface area contributed by atoms with Crippen LogP contribution in [0.5, 0.6) is 0 Å². The third-order valence-corrected chi connectivity index (χ3v) is 6.80. The summed E-state index contributed by atoms with van der Waals surface area (Å²) in [4.78, 5) is 17.3. The quantitative estimate of drug-likeness (QED) is 0.331. The van der Waals surface area contributed by atoms with Crippen molar-refractivity contribution >= 4 is 16.6 Å². The number of ketones is 1. The average Bonchev–Trinajstić information content (AvgIpc) is 2.85. The van der Waals surface area contributed by atoms with Gasteiger partial charge in [0.1, 0.15) is 5.78 Å². The molecule has 0 saturated carbocycles. The minimum Gasteiger partial charge on any atom is -0.299 e. The summed E-state index contributed by atoms with van der Waals surface area (Å²) in [5.74, 6) is 0.654. The van der Waals surface area contributed by atoms with Gasteiger partial charge in [0.2, 0.25) is 0 Å². The molecule has 3 aromatic carbocycles. The summed E-state index contributed by atoms with van der Waals surface area (Å²) < 4.78 is 13.1. The molecule has 0 fully saturated rings. The van der Waals surface area contributed by atoms with Crippen LogP contribution in [0.15, 0.2) is 108 Å². The van der Waals surface area contributed by atoms with Crippen LogP contribution in [0.4, 0.5) is 0 Å². The first kappa shape index (κ1) is 21.8. The van der Waals surface area contributed by atoms with Crippen molar-refractivity contribution in [3.63, 3.8) is 0 Å². The monoisotopic (exact) mass is 439 g/mol. The smallest absolute Gasteiger partial charge is 0.137 e. The minimum absolute atomic E-state index is 0.210. The summed E-state index contributed by atoms with van der Waals surface area (Å²) in [7, 11) is -1.16. The molecule has 1 atom stereocenters. The zero-order chi connectivity index (χ0) is 22.2. The number of benzene rings is 3. The fourth-order valence-corrected chi connectivity index (χ4v) is 4.96. The predicted octanol–water partition coefficient (Wildman–Crippen LogP) is 5.80. The molecule has 0 amide bonds. The van der Waals surface area contributed by atoms with Gasteiger partial charge in [-0.1, -0.05) is 78.9 Å². The maximum atomic E-state index is 13.1. The Hall–Kier alpha value is -3.37. The number of Topliss-reactive ketones (excluding diaryl/α,β-unsaturated/α-hetero) is 1. The Bertz CT molecular complexity index is 1190. The number of aryl methyl sites for hydroxylation is 1. The van der Waals surface area contributed by atoms with Gasteiger partial charge in [-0.05, 0) is 46.4 Å². The number of carbonyl (C=O) groups excluding carboxylic acids is 1. The molecule has 0 saturated heterocycles. The van der Waals surface area contributed by atoms with Crippen LogP contribution in [-0.2, 0) is 34.2 Å². The molecule has 4 rings (SSSR count). The largest absolute Gasteiger partial charge is 0.299 e. The maximum Gasteiger partial charge on any atom is 0.137 e. The van der Waals surface area contributed by atoms with Crippen LogP contribution in [-0.4, -0.2) is 15.0 Å². The van der Waals surface area contributed by atoms with E-state index in [0.29, 0.717) is 25.0 Å². The van der Waals surface area contributed by atoms with E-state index in [1.165, 1.54) is 0 Å². The van der Waals surface area contributed by atoms with E-state index in [9.17, 15) is 9.00 Å². The number of rotatable bonds is 9. The average molecular weight is 440 g/mol. The second-order valence-corrected chi connectivity index (χ2v) is 9.16. The zero-order valence-corrected chi connectivity index (χ0v) is 18.6. The second kappa shape index (κ2) is 10.8. The third-order valence-electron chi connectivity index (χ3n) is 5.35. The first-order valence-corrected chi connectivity index (χ1v) is 12.0. The SMILES string of the molecule is O=C(CCc1cccnc1)Cc1ccc(CS(=O)c2ccccc2-c2ccccc2)cc1. The van der Waals surface area contributed by atoms with Crippen molar-refractivity contribution in [3.8, 4) is 11.1 Å². The Kier molecular flexibility index (Phi) is 7.36. The van der Waals surface area contributed by atoms with Crippen LogP contribution in [0, 0.1) is 0 Å². The van der Waals surface area contributed by atoms with Crippen LogP contribution in [0.2, 0.25) is 0 Å². The molecular formula is C28H25NO2S. The van der Waals surface area contributed by atoms with Crippen molar-refractivity contribution in [2.45, 2.75) is 29.9 Å². The molecule has 0 aliphatic rings. The molecule has 3 nitrogen and oxygen atoms in total. The van der Waals surface area contributed by atoms with Crippen molar-refractivity contribution in [1.82, 2.24) is 4.98 Å². The molecule has 0 N–H and O–H groups in total. The van der Waals surface area contributed by atoms with Gasteiger partial charge in [0, 0.05) is 30.1 Å². The number of pyridine rings is 1. The lowest BCUT2D eigenvalue weighted by molar-refractivity contribution is -0.118. The highest BCUT2D eigenvalue weighted by Crippen LogP contribution is 2.27. The summed E-state index contributed by atoms with van der Waals surface area (Å²) in [6, 6.07) is 29.7. The van der Waals surface area contributed by atoms with Crippen LogP contribution < -0.4 is 0 Å². The Labute approximate surface area is 191 Å². The first-order valence-electron chi connectivity index (χ1n) is 10.7. The van der Waals surface area contributed by atoms with E-state index in [0.717, 1.165) is 32.7 Å². The summed E-state index contributed by atoms with van der Waals surface area (Å²) >= 11 is 0. The molecular weight excluding hydrogens is 414 g/mol. The second-order valence-electron chi connectivity index (χ2n) is 7.75. The van der Waals surface area contributed by atoms with Gasteiger partial charge in [-0.2, -0.15) is 0 Å². The zero-order valence-electron chi connectivity index (χ0n) is 17.8. The minimum atomic E-state index is -1.16. The number of hydrogen-bond donors (Lipinski definition) is 0. The van der Waals surface area contributed by atoms with Crippen molar-refractivity contribution < 1.29 is 9.00 Å². The molecule has 0 aliphatic carbocycles. The lowest BCUT2D eigenvalue weighted by Gasteiger charge is -2.10. The van der Waals surface area contributed by atoms with E-state index in [4.69, 9.17) is 0 Å². The Morgan fingerprint density at radius 1 is 0.750 bits per heavy atom. The molecule has 4 heteroatoms. The van der Waals surface area contributed by atoms with Gasteiger partial charge in [-0.25, -0.2) is 0 Å². The van der Waals surface area contributed by atoms with Gasteiger partial charge in [0.05, 0.1) is 16.6 Å². The van der Waals surface area contributed by atoms with Gasteiger partial charge >= 0.3 is 0 Å². The predicted molar refractivity (Wildman–Crippen MR) is 130 cm³/mol. The van der Waals surface area contributed by atoms with E-state index in [-0.39, 0.29) is 5.78 Å². The lowest BCUT2D eigenvalue weighted by atomic mass is 10.0. The number of nitrogens with zero attached hydrogens (tertiary/aromatic N) is 1. The number of aromatic nitrogens is 1. The highest BCUT2D eigenvalue weighted by molar-refractivity contribution is 7.84. The van der Waals surface area contributed by atoms with Gasteiger partial charge in [0.25, 0.3) is 0 Å². The molecule has 160 valence electrons. The molecule has 32 heavy (non-hydrogen) atoms. The Balaban J connectivity index is 1.37. The van der Waals surface area contributed by atoms with E-state index in [2.05, 4.69) is 4.98 Å². The van der Waals surface area contributed by atoms with Crippen molar-refractivity contribution in [1.29, 1.82) is 0 Å². The Morgan fingerprint density at radius 3 is 2.22 bits per heavy atom. The van der Waals surface area contributed by atoms with Gasteiger partial charge in [-0.3, -0.25) is 14.0 Å². The molecule has 4 aromatic rings. The van der Waals surface area contributed by atoms with Crippen molar-refractivity contribution in [2.24, 2.45) is 0 Å². The fourth-order valence-electron chi connectivity index (χ4n) is 3.65. The molecule has 0 aliphatic heterocycles. The summed E-state index contributed by atoms with van der Waals surface area (Å²) in [5.41, 5.74) is 5.13. The van der Waals surface area contributed by atoms with E-state index < -0.39 is 10.8 Å². The summed E-state index contributed by atoms with van der Waals surface area (Å²) in [5, 5.41) is 0. The maximum absolute atomic E-state index is 13.1. The van der Waals surface area contributed by atoms with Crippen molar-refractivity contribution in [3.05, 3.63) is 120 Å². The third kappa shape index (κ3) is 5.86. The van der Waals surface area contributed by atoms with Crippen molar-refractivity contribution in [2.75, 3.05) is 0 Å². The van der Waals surface area contributed by atoms with Gasteiger partial charge in [0.15, 0.2) is 0 Å². The van der Waals surface area contributed by atoms with Crippen LogP contribution >= 0.6 is 0 Å². The van der Waals surface area contributed by atoms with E-state index in [1.807, 2.05) is 91.0 Å². The normalized spacial score (nSPS) is 11.8. The molecule has 1 unspecified atom stereocenters. The number of carbonyl (C=O) groups is 1. The molecule has 1 heterocycles. The van der Waals surface area contributed by atoms with Crippen LogP contribution in [0.1, 0.15) is 23.1 Å². The lowest BCUT2D eigenvalue weighted by Crippen LogP contribution is -2.05. The standard InChI is InChI=1S/C28H25NO2S/c30-26(17-16-23-7-6-18-29-20-23)19-22-12-14-24(15-13-22)21-32(31)28-11-5-4-10-27(28)25-8-2-1-3-9-25/h1-15,18,20H,16-17,19,21H2. The van der Waals surface area contributed by atoms with Crippen LogP contribution in [0.3, 0.4) is 0 Å². The highest BCUT2D eigenvalue weighted by atomic mass is 32.2. The molecule has 0 spiro atoms. The van der Waals surface area contributed by atoms with Gasteiger partial charge in [-0.15, -0.1) is 0 Å².